The van der Waals surface area contributed by atoms with Crippen LogP contribution in [0.15, 0.2) is 134 Å². The molecular formula is C64H103NO8. The number of aliphatic carboxylic acids is 1. The van der Waals surface area contributed by atoms with Crippen LogP contribution in [0.4, 0.5) is 0 Å². The van der Waals surface area contributed by atoms with Crippen LogP contribution in [0, 0.1) is 0 Å². The van der Waals surface area contributed by atoms with E-state index in [0.717, 1.165) is 148 Å². The Bertz CT molecular complexity index is 1650. The number of nitrogens with zero attached hydrogens (tertiary/aromatic N) is 1. The van der Waals surface area contributed by atoms with Crippen LogP contribution in [0.2, 0.25) is 0 Å². The summed E-state index contributed by atoms with van der Waals surface area (Å²) in [6, 6.07) is 0. The number of hydrogen-bond acceptors (Lipinski definition) is 8. The predicted octanol–water partition coefficient (Wildman–Crippen LogP) is 15.3. The molecule has 0 aliphatic rings. The number of hydrogen-bond donors (Lipinski definition) is 0. The van der Waals surface area contributed by atoms with E-state index in [0.29, 0.717) is 17.4 Å². The van der Waals surface area contributed by atoms with Crippen molar-refractivity contribution in [3.63, 3.8) is 0 Å². The Morgan fingerprint density at radius 2 is 0.781 bits per heavy atom. The number of carbonyl (C=O) groups is 3. The predicted molar refractivity (Wildman–Crippen MR) is 306 cm³/mol. The highest BCUT2D eigenvalue weighted by molar-refractivity contribution is 5.70. The number of esters is 2. The highest BCUT2D eigenvalue weighted by Crippen LogP contribution is 2.13. The van der Waals surface area contributed by atoms with Gasteiger partial charge in [0.2, 0.25) is 0 Å². The molecule has 0 saturated carbocycles. The summed E-state index contributed by atoms with van der Waals surface area (Å²) in [4.78, 5) is 37.1. The lowest BCUT2D eigenvalue weighted by atomic mass is 10.1. The SMILES string of the molecule is CC/C=C\C/C=C\C/C=C\C/C=C\C/C=C\C/C=C\C/C=C\C/C=C\C/C=C\C/C=C\CCCCCCCCC(=O)OC(COC(=O)CCCCCCC/C=C\CCCC)COC(OCC[N+](C)(C)C)C(=O)[O-]. The lowest BCUT2D eigenvalue weighted by molar-refractivity contribution is -0.870. The number of likely N-dealkylation sites (N-methyl/N-ethyl adjacent to an activating group) is 1. The highest BCUT2D eigenvalue weighted by atomic mass is 16.7. The standard InChI is InChI=1S/C64H103NO8/c1-6-8-10-12-14-16-18-19-20-21-22-23-24-25-26-27-28-29-30-31-32-33-34-35-36-37-38-39-40-41-42-43-45-47-49-51-53-55-62(67)73-60(59-72-64(63(68)69)70-57-56-65(3,4)5)58-71-61(66)54-52-50-48-46-44-17-15-13-11-9-7-2/h8,10,13-16,19-20,22-23,25-26,28-29,31-32,34-35,37-38,40-41,60,64H,6-7,9,11-12,17-18,21,24,27,30,33,36,39,42-59H2,1-5H3/b10-8-,15-13-,16-14-,20-19-,23-22-,26-25-,29-28-,32-31-,35-34-,38-37-,41-40-. The molecule has 9 nitrogen and oxygen atoms in total. The molecule has 2 unspecified atom stereocenters. The van der Waals surface area contributed by atoms with Crippen LogP contribution in [0.5, 0.6) is 0 Å². The summed E-state index contributed by atoms with van der Waals surface area (Å²) in [5.74, 6) is -2.33. The fourth-order valence-electron chi connectivity index (χ4n) is 7.01. The summed E-state index contributed by atoms with van der Waals surface area (Å²) in [7, 11) is 5.89. The molecule has 0 aliphatic carbocycles. The second-order valence-electron chi connectivity index (χ2n) is 19.5. The van der Waals surface area contributed by atoms with Crippen molar-refractivity contribution in [2.24, 2.45) is 0 Å². The molecule has 0 N–H and O–H groups in total. The van der Waals surface area contributed by atoms with Gasteiger partial charge in [0, 0.05) is 12.8 Å². The summed E-state index contributed by atoms with van der Waals surface area (Å²) in [6.07, 6.45) is 73.7. The molecule has 0 fully saturated rings. The molecule has 412 valence electrons. The van der Waals surface area contributed by atoms with Crippen molar-refractivity contribution in [2.75, 3.05) is 47.5 Å². The number of ether oxygens (including phenoxy) is 4. The summed E-state index contributed by atoms with van der Waals surface area (Å²) in [5.41, 5.74) is 0. The van der Waals surface area contributed by atoms with E-state index in [1.54, 1.807) is 0 Å². The van der Waals surface area contributed by atoms with E-state index in [1.165, 1.54) is 12.8 Å². The minimum absolute atomic E-state index is 0.136. The lowest BCUT2D eigenvalue weighted by Crippen LogP contribution is -2.44. The Hall–Kier alpha value is -4.57. The fraction of sp³-hybridized carbons (Fsp3) is 0.609. The average Bonchev–Trinajstić information content (AvgIpc) is 3.36. The zero-order valence-electron chi connectivity index (χ0n) is 46.7. The summed E-state index contributed by atoms with van der Waals surface area (Å²) < 4.78 is 22.6. The van der Waals surface area contributed by atoms with Gasteiger partial charge in [0.1, 0.15) is 13.2 Å². The van der Waals surface area contributed by atoms with Crippen molar-refractivity contribution in [1.29, 1.82) is 0 Å². The largest absolute Gasteiger partial charge is 0.545 e. The van der Waals surface area contributed by atoms with Crippen molar-refractivity contribution in [3.8, 4) is 0 Å². The molecule has 0 amide bonds. The zero-order valence-corrected chi connectivity index (χ0v) is 46.7. The first kappa shape index (κ1) is 68.4. The summed E-state index contributed by atoms with van der Waals surface area (Å²) >= 11 is 0. The van der Waals surface area contributed by atoms with Gasteiger partial charge in [0.05, 0.1) is 40.3 Å². The van der Waals surface area contributed by atoms with Gasteiger partial charge in [-0.15, -0.1) is 0 Å². The Kier molecular flexibility index (Phi) is 50.4. The number of carbonyl (C=O) groups excluding carboxylic acids is 3. The Balaban J connectivity index is 4.22. The molecule has 0 aromatic rings. The molecule has 0 heterocycles. The molecular weight excluding hydrogens is 911 g/mol. The van der Waals surface area contributed by atoms with E-state index < -0.39 is 24.3 Å². The first-order valence-electron chi connectivity index (χ1n) is 28.3. The van der Waals surface area contributed by atoms with Gasteiger partial charge in [-0.1, -0.05) is 205 Å². The van der Waals surface area contributed by atoms with Crippen molar-refractivity contribution in [1.82, 2.24) is 0 Å². The van der Waals surface area contributed by atoms with Crippen molar-refractivity contribution >= 4 is 17.9 Å². The first-order valence-corrected chi connectivity index (χ1v) is 28.3. The van der Waals surface area contributed by atoms with E-state index in [2.05, 4.69) is 148 Å². The number of quaternary nitrogens is 1. The van der Waals surface area contributed by atoms with Gasteiger partial charge in [-0.05, 0) is 109 Å². The second-order valence-corrected chi connectivity index (χ2v) is 19.5. The molecule has 0 aliphatic heterocycles. The number of unbranched alkanes of at least 4 members (excludes halogenated alkanes) is 13. The number of allylic oxidation sites excluding steroid dienone is 22. The Morgan fingerprint density at radius 3 is 1.18 bits per heavy atom. The van der Waals surface area contributed by atoms with Crippen LogP contribution in [0.1, 0.15) is 194 Å². The maximum Gasteiger partial charge on any atom is 0.306 e. The first-order chi connectivity index (χ1) is 35.6. The molecule has 0 rings (SSSR count). The summed E-state index contributed by atoms with van der Waals surface area (Å²) in [5, 5.41) is 11.7. The highest BCUT2D eigenvalue weighted by Gasteiger charge is 2.22. The molecule has 0 bridgehead atoms. The monoisotopic (exact) mass is 1010 g/mol. The van der Waals surface area contributed by atoms with Crippen LogP contribution in [-0.2, 0) is 33.3 Å². The van der Waals surface area contributed by atoms with E-state index in [9.17, 15) is 19.5 Å². The number of carboxylic acid groups (broad SMARTS) is 1. The molecule has 0 saturated heterocycles. The van der Waals surface area contributed by atoms with E-state index in [-0.39, 0.29) is 38.6 Å². The Morgan fingerprint density at radius 1 is 0.425 bits per heavy atom. The van der Waals surface area contributed by atoms with Crippen LogP contribution in [0.3, 0.4) is 0 Å². The topological polar surface area (TPSA) is 111 Å². The fourth-order valence-corrected chi connectivity index (χ4v) is 7.01. The van der Waals surface area contributed by atoms with Gasteiger partial charge in [-0.2, -0.15) is 0 Å². The minimum Gasteiger partial charge on any atom is -0.545 e. The van der Waals surface area contributed by atoms with Crippen molar-refractivity contribution in [2.45, 2.75) is 206 Å². The maximum absolute atomic E-state index is 12.8. The van der Waals surface area contributed by atoms with Crippen LogP contribution in [-0.4, -0.2) is 82.3 Å². The molecule has 0 aromatic carbocycles. The van der Waals surface area contributed by atoms with Gasteiger partial charge in [0.15, 0.2) is 12.4 Å². The summed E-state index contributed by atoms with van der Waals surface area (Å²) in [6.45, 7) is 4.53. The van der Waals surface area contributed by atoms with Crippen LogP contribution < -0.4 is 5.11 Å². The number of carboxylic acids is 1. The number of rotatable bonds is 50. The molecule has 0 radical (unpaired) electrons. The van der Waals surface area contributed by atoms with Crippen LogP contribution in [0.25, 0.3) is 0 Å². The zero-order chi connectivity index (χ0) is 53.4. The van der Waals surface area contributed by atoms with E-state index in [1.807, 2.05) is 21.1 Å². The van der Waals surface area contributed by atoms with Crippen LogP contribution >= 0.6 is 0 Å². The van der Waals surface area contributed by atoms with Crippen molar-refractivity contribution in [3.05, 3.63) is 134 Å². The average molecular weight is 1010 g/mol. The smallest absolute Gasteiger partial charge is 0.306 e. The quantitative estimate of drug-likeness (QED) is 0.0195. The lowest BCUT2D eigenvalue weighted by Gasteiger charge is -2.26. The molecule has 0 aromatic heterocycles. The van der Waals surface area contributed by atoms with Gasteiger partial charge >= 0.3 is 11.9 Å². The van der Waals surface area contributed by atoms with Gasteiger partial charge in [-0.25, -0.2) is 0 Å². The van der Waals surface area contributed by atoms with Gasteiger partial charge in [-0.3, -0.25) is 9.59 Å². The maximum atomic E-state index is 12.8. The third kappa shape index (κ3) is 55.0. The normalized spacial score (nSPS) is 13.8. The van der Waals surface area contributed by atoms with E-state index in [4.69, 9.17) is 18.9 Å². The molecule has 73 heavy (non-hydrogen) atoms. The molecule has 2 atom stereocenters. The second kappa shape index (κ2) is 53.7. The third-order valence-electron chi connectivity index (χ3n) is 11.4. The van der Waals surface area contributed by atoms with E-state index >= 15 is 0 Å². The van der Waals surface area contributed by atoms with Gasteiger partial charge < -0.3 is 33.3 Å². The molecule has 9 heteroatoms. The minimum atomic E-state index is -1.63. The Labute approximate surface area is 446 Å². The van der Waals surface area contributed by atoms with Crippen molar-refractivity contribution < 1.29 is 42.9 Å². The third-order valence-corrected chi connectivity index (χ3v) is 11.4. The molecule has 0 spiro atoms. The van der Waals surface area contributed by atoms with Gasteiger partial charge in [0.25, 0.3) is 0 Å².